The van der Waals surface area contributed by atoms with E-state index < -0.39 is 0 Å². The molecule has 5 atom stereocenters. The van der Waals surface area contributed by atoms with E-state index in [2.05, 4.69) is 6.92 Å². The van der Waals surface area contributed by atoms with E-state index in [1.165, 1.54) is 0 Å². The molecule has 2 aliphatic carbocycles. The van der Waals surface area contributed by atoms with Crippen molar-refractivity contribution in [2.24, 2.45) is 23.7 Å². The van der Waals surface area contributed by atoms with E-state index in [0.717, 1.165) is 38.6 Å². The van der Waals surface area contributed by atoms with Gasteiger partial charge >= 0.3 is 0 Å². The molecule has 0 amide bonds. The lowest BCUT2D eigenvalue weighted by molar-refractivity contribution is -0.118. The lowest BCUT2D eigenvalue weighted by Crippen LogP contribution is -2.35. The van der Waals surface area contributed by atoms with Gasteiger partial charge in [0.25, 0.3) is 0 Å². The molecule has 0 saturated heterocycles. The fourth-order valence-corrected chi connectivity index (χ4v) is 3.50. The molecule has 0 spiro atoms. The van der Waals surface area contributed by atoms with Crippen LogP contribution in [0.2, 0.25) is 0 Å². The molecule has 0 radical (unpaired) electrons. The molecule has 3 nitrogen and oxygen atoms in total. The third kappa shape index (κ3) is 2.03. The Labute approximate surface area is 97.2 Å². The summed E-state index contributed by atoms with van der Waals surface area (Å²) in [6, 6.07) is 0. The Balaban J connectivity index is 1.90. The van der Waals surface area contributed by atoms with Crippen molar-refractivity contribution < 1.29 is 14.6 Å². The van der Waals surface area contributed by atoms with Crippen molar-refractivity contribution >= 4 is 6.29 Å². The first-order chi connectivity index (χ1) is 7.81. The van der Waals surface area contributed by atoms with E-state index in [-0.39, 0.29) is 24.5 Å². The summed E-state index contributed by atoms with van der Waals surface area (Å²) in [4.78, 5) is 11.1. The molecule has 0 aliphatic heterocycles. The van der Waals surface area contributed by atoms with E-state index in [1.807, 2.05) is 0 Å². The number of carbonyl (C=O) groups excluding carboxylic acids is 1. The van der Waals surface area contributed by atoms with Crippen LogP contribution in [0.5, 0.6) is 0 Å². The van der Waals surface area contributed by atoms with Crippen molar-refractivity contribution in [1.82, 2.24) is 0 Å². The monoisotopic (exact) mass is 226 g/mol. The first-order valence-electron chi connectivity index (χ1n) is 6.49. The molecule has 16 heavy (non-hydrogen) atoms. The molecule has 3 heteroatoms. The number of hydrogen-bond donors (Lipinski definition) is 1. The highest BCUT2D eigenvalue weighted by atomic mass is 16.5. The summed E-state index contributed by atoms with van der Waals surface area (Å²) in [6.07, 6.45) is 5.69. The van der Waals surface area contributed by atoms with E-state index in [0.29, 0.717) is 11.8 Å². The summed E-state index contributed by atoms with van der Waals surface area (Å²) in [5, 5.41) is 9.29. The normalized spacial score (nSPS) is 41.5. The first kappa shape index (κ1) is 12.1. The summed E-state index contributed by atoms with van der Waals surface area (Å²) < 4.78 is 5.86. The minimum atomic E-state index is 0.0374. The molecule has 0 heterocycles. The lowest BCUT2D eigenvalue weighted by Gasteiger charge is -2.31. The molecule has 92 valence electrons. The molecule has 0 aromatic carbocycles. The smallest absolute Gasteiger partial charge is 0.123 e. The van der Waals surface area contributed by atoms with E-state index in [9.17, 15) is 9.90 Å². The highest BCUT2D eigenvalue weighted by Gasteiger charge is 2.52. The predicted molar refractivity (Wildman–Crippen MR) is 61.0 cm³/mol. The number of aliphatic hydroxyl groups excluding tert-OH is 1. The zero-order chi connectivity index (χ0) is 11.5. The van der Waals surface area contributed by atoms with E-state index in [4.69, 9.17) is 4.74 Å². The second-order valence-corrected chi connectivity index (χ2v) is 5.22. The number of rotatable bonds is 6. The van der Waals surface area contributed by atoms with E-state index >= 15 is 0 Å². The molecular formula is C13H22O3. The van der Waals surface area contributed by atoms with Crippen molar-refractivity contribution in [2.75, 3.05) is 13.2 Å². The van der Waals surface area contributed by atoms with Crippen LogP contribution in [-0.4, -0.2) is 30.7 Å². The minimum Gasteiger partial charge on any atom is -0.396 e. The molecule has 2 fully saturated rings. The van der Waals surface area contributed by atoms with Crippen LogP contribution in [-0.2, 0) is 9.53 Å². The highest BCUT2D eigenvalue weighted by molar-refractivity contribution is 5.56. The number of carbonyl (C=O) groups is 1. The predicted octanol–water partition coefficient (Wildman–Crippen LogP) is 1.64. The molecule has 0 aromatic heterocycles. The van der Waals surface area contributed by atoms with Crippen LogP contribution in [0.15, 0.2) is 0 Å². The maximum atomic E-state index is 11.1. The molecule has 5 unspecified atom stereocenters. The summed E-state index contributed by atoms with van der Waals surface area (Å²) in [7, 11) is 0. The number of unbranched alkanes of at least 4 members (excludes halogenated alkanes) is 1. The Morgan fingerprint density at radius 1 is 1.44 bits per heavy atom. The van der Waals surface area contributed by atoms with Gasteiger partial charge in [-0.15, -0.1) is 0 Å². The van der Waals surface area contributed by atoms with Gasteiger partial charge in [-0.3, -0.25) is 0 Å². The Hall–Kier alpha value is -0.410. The maximum absolute atomic E-state index is 11.1. The van der Waals surface area contributed by atoms with E-state index in [1.54, 1.807) is 0 Å². The van der Waals surface area contributed by atoms with Crippen molar-refractivity contribution in [3.8, 4) is 0 Å². The standard InChI is InChI=1S/C13H22O3/c1-2-3-4-16-13-6-9-5-10(13)12(8-15)11(9)7-14/h8-14H,2-7H2,1H3. The average Bonchev–Trinajstić information content (AvgIpc) is 2.85. The van der Waals surface area contributed by atoms with Gasteiger partial charge < -0.3 is 14.6 Å². The zero-order valence-corrected chi connectivity index (χ0v) is 9.97. The van der Waals surface area contributed by atoms with Crippen molar-refractivity contribution in [3.63, 3.8) is 0 Å². The molecular weight excluding hydrogens is 204 g/mol. The number of fused-ring (bicyclic) bond motifs is 2. The number of aldehydes is 1. The van der Waals surface area contributed by atoms with Gasteiger partial charge in [-0.25, -0.2) is 0 Å². The van der Waals surface area contributed by atoms with Gasteiger partial charge in [-0.05, 0) is 37.0 Å². The van der Waals surface area contributed by atoms with Crippen LogP contribution in [0, 0.1) is 23.7 Å². The molecule has 2 rings (SSSR count). The van der Waals surface area contributed by atoms with Crippen LogP contribution in [0.1, 0.15) is 32.6 Å². The summed E-state index contributed by atoms with van der Waals surface area (Å²) >= 11 is 0. The summed E-state index contributed by atoms with van der Waals surface area (Å²) in [5.74, 6) is 1.12. The third-order valence-corrected chi connectivity index (χ3v) is 4.38. The van der Waals surface area contributed by atoms with Crippen LogP contribution in [0.4, 0.5) is 0 Å². The quantitative estimate of drug-likeness (QED) is 0.553. The van der Waals surface area contributed by atoms with Crippen LogP contribution in [0.3, 0.4) is 0 Å². The summed E-state index contributed by atoms with van der Waals surface area (Å²) in [6.45, 7) is 3.13. The second kappa shape index (κ2) is 5.28. The topological polar surface area (TPSA) is 46.5 Å². The Bertz CT molecular complexity index is 241. The van der Waals surface area contributed by atoms with Gasteiger partial charge in [0.05, 0.1) is 6.10 Å². The molecule has 2 aliphatic rings. The van der Waals surface area contributed by atoms with Crippen LogP contribution < -0.4 is 0 Å². The molecule has 0 aromatic rings. The molecule has 2 saturated carbocycles. The third-order valence-electron chi connectivity index (χ3n) is 4.38. The molecule has 1 N–H and O–H groups in total. The Kier molecular flexibility index (Phi) is 3.98. The SMILES string of the molecule is CCCCOC1CC2CC1C(C=O)C2CO. The van der Waals surface area contributed by atoms with Crippen molar-refractivity contribution in [2.45, 2.75) is 38.7 Å². The average molecular weight is 226 g/mol. The molecule has 2 bridgehead atoms. The van der Waals surface area contributed by atoms with Crippen molar-refractivity contribution in [3.05, 3.63) is 0 Å². The van der Waals surface area contributed by atoms with Gasteiger partial charge in [0.2, 0.25) is 0 Å². The zero-order valence-electron chi connectivity index (χ0n) is 9.97. The fourth-order valence-electron chi connectivity index (χ4n) is 3.50. The van der Waals surface area contributed by atoms with Gasteiger partial charge in [0, 0.05) is 19.1 Å². The fraction of sp³-hybridized carbons (Fsp3) is 0.923. The van der Waals surface area contributed by atoms with Crippen molar-refractivity contribution in [1.29, 1.82) is 0 Å². The Morgan fingerprint density at radius 2 is 2.25 bits per heavy atom. The van der Waals surface area contributed by atoms with Gasteiger partial charge in [0.15, 0.2) is 0 Å². The highest BCUT2D eigenvalue weighted by Crippen LogP contribution is 2.52. The van der Waals surface area contributed by atoms with Gasteiger partial charge in [-0.1, -0.05) is 13.3 Å². The lowest BCUT2D eigenvalue weighted by atomic mass is 9.79. The maximum Gasteiger partial charge on any atom is 0.123 e. The van der Waals surface area contributed by atoms with Gasteiger partial charge in [0.1, 0.15) is 6.29 Å². The van der Waals surface area contributed by atoms with Crippen LogP contribution in [0.25, 0.3) is 0 Å². The minimum absolute atomic E-state index is 0.0374. The second-order valence-electron chi connectivity index (χ2n) is 5.22. The number of hydrogen-bond acceptors (Lipinski definition) is 3. The van der Waals surface area contributed by atoms with Gasteiger partial charge in [-0.2, -0.15) is 0 Å². The van der Waals surface area contributed by atoms with Crippen LogP contribution >= 0.6 is 0 Å². The summed E-state index contributed by atoms with van der Waals surface area (Å²) in [5.41, 5.74) is 0. The number of ether oxygens (including phenoxy) is 1. The largest absolute Gasteiger partial charge is 0.396 e. The first-order valence-corrected chi connectivity index (χ1v) is 6.49. The Morgan fingerprint density at radius 3 is 2.88 bits per heavy atom. The number of aliphatic hydroxyl groups is 1.